The van der Waals surface area contributed by atoms with Crippen LogP contribution in [0, 0.1) is 11.8 Å². The Bertz CT molecular complexity index is 517. The fraction of sp³-hybridized carbons (Fsp3) is 0.619. The lowest BCUT2D eigenvalue weighted by atomic mass is 9.95. The van der Waals surface area contributed by atoms with E-state index >= 15 is 0 Å². The van der Waals surface area contributed by atoms with E-state index in [0.717, 1.165) is 12.8 Å². The van der Waals surface area contributed by atoms with Gasteiger partial charge in [0.2, 0.25) is 0 Å². The van der Waals surface area contributed by atoms with Crippen molar-refractivity contribution in [3.05, 3.63) is 35.4 Å². The van der Waals surface area contributed by atoms with E-state index in [0.29, 0.717) is 18.4 Å². The second-order valence-electron chi connectivity index (χ2n) is 7.21. The molecule has 2 atom stereocenters. The summed E-state index contributed by atoms with van der Waals surface area (Å²) in [6, 6.07) is 8.49. The Morgan fingerprint density at radius 1 is 1.12 bits per heavy atom. The molecule has 0 N–H and O–H groups in total. The molecule has 0 saturated heterocycles. The average molecular weight is 332 g/mol. The zero-order valence-corrected chi connectivity index (χ0v) is 16.1. The zero-order chi connectivity index (χ0) is 18.1. The van der Waals surface area contributed by atoms with Gasteiger partial charge < -0.3 is 4.74 Å². The van der Waals surface area contributed by atoms with Crippen LogP contribution >= 0.6 is 0 Å². The van der Waals surface area contributed by atoms with Crippen LogP contribution in [0.25, 0.3) is 0 Å². The summed E-state index contributed by atoms with van der Waals surface area (Å²) in [5, 5.41) is 0. The van der Waals surface area contributed by atoms with Gasteiger partial charge in [-0.2, -0.15) is 0 Å². The van der Waals surface area contributed by atoms with Gasteiger partial charge in [-0.05, 0) is 48.6 Å². The van der Waals surface area contributed by atoms with Crippen molar-refractivity contribution in [1.82, 2.24) is 0 Å². The topological polar surface area (TPSA) is 38.7 Å². The van der Waals surface area contributed by atoms with Gasteiger partial charge in [0.15, 0.2) is 0 Å². The molecule has 1 aromatic rings. The lowest BCUT2D eigenvalue weighted by Crippen LogP contribution is -2.27. The molecule has 0 fully saturated rings. The molecule has 0 aliphatic carbocycles. The van der Waals surface area contributed by atoms with Crippen LogP contribution in [0.4, 0.5) is 0 Å². The highest BCUT2D eigenvalue weighted by atomic mass is 16.5. The molecule has 3 heteroatoms. The Balaban J connectivity index is 2.54. The van der Waals surface area contributed by atoms with E-state index in [1.807, 2.05) is 27.0 Å². The Kier molecular flexibility index (Phi) is 8.73. The van der Waals surface area contributed by atoms with Crippen molar-refractivity contribution in [2.24, 2.45) is 16.8 Å². The van der Waals surface area contributed by atoms with Crippen LogP contribution in [-0.2, 0) is 16.0 Å². The minimum atomic E-state index is -0.387. The van der Waals surface area contributed by atoms with Crippen molar-refractivity contribution in [3.8, 4) is 0 Å². The third-order valence-corrected chi connectivity index (χ3v) is 4.16. The summed E-state index contributed by atoms with van der Waals surface area (Å²) in [7, 11) is 0. The second-order valence-corrected chi connectivity index (χ2v) is 7.21. The number of carbonyl (C=O) groups is 1. The molecule has 0 heterocycles. The first kappa shape index (κ1) is 20.4. The summed E-state index contributed by atoms with van der Waals surface area (Å²) in [4.78, 5) is 16.4. The predicted octanol–water partition coefficient (Wildman–Crippen LogP) is 5.04. The van der Waals surface area contributed by atoms with Gasteiger partial charge in [-0.3, -0.25) is 4.99 Å². The van der Waals surface area contributed by atoms with Crippen LogP contribution in [0.2, 0.25) is 0 Å². The number of carbonyl (C=O) groups excluding carboxylic acids is 1. The van der Waals surface area contributed by atoms with Crippen LogP contribution < -0.4 is 0 Å². The van der Waals surface area contributed by atoms with Crippen molar-refractivity contribution in [2.75, 3.05) is 6.61 Å². The molecule has 0 aliphatic rings. The van der Waals surface area contributed by atoms with Gasteiger partial charge in [-0.1, -0.05) is 58.9 Å². The monoisotopic (exact) mass is 331 g/mol. The lowest BCUT2D eigenvalue weighted by Gasteiger charge is -2.15. The molecule has 0 saturated carbocycles. The number of nitrogens with zero attached hydrogens (tertiary/aromatic N) is 1. The average Bonchev–Trinajstić information content (AvgIpc) is 2.51. The molecule has 24 heavy (non-hydrogen) atoms. The van der Waals surface area contributed by atoms with Crippen LogP contribution in [0.1, 0.15) is 65.0 Å². The fourth-order valence-corrected chi connectivity index (χ4v) is 2.61. The highest BCUT2D eigenvalue weighted by Gasteiger charge is 2.21. The summed E-state index contributed by atoms with van der Waals surface area (Å²) in [5.74, 6) is 0.993. The van der Waals surface area contributed by atoms with Gasteiger partial charge in [-0.25, -0.2) is 4.79 Å². The molecular formula is C21H33NO2. The molecule has 0 amide bonds. The molecule has 2 unspecified atom stereocenters. The van der Waals surface area contributed by atoms with E-state index in [1.165, 1.54) is 11.1 Å². The first-order valence-electron chi connectivity index (χ1n) is 9.12. The SMILES string of the molecule is CCOC(=O)C(/N=C/CC(C)Cc1ccc(C(C)C)cc1)C(C)C. The summed E-state index contributed by atoms with van der Waals surface area (Å²) < 4.78 is 5.10. The quantitative estimate of drug-likeness (QED) is 0.470. The highest BCUT2D eigenvalue weighted by Crippen LogP contribution is 2.17. The van der Waals surface area contributed by atoms with Crippen molar-refractivity contribution in [1.29, 1.82) is 0 Å². The summed E-state index contributed by atoms with van der Waals surface area (Å²) in [6.07, 6.45) is 3.79. The van der Waals surface area contributed by atoms with E-state index in [-0.39, 0.29) is 17.9 Å². The van der Waals surface area contributed by atoms with Gasteiger partial charge in [0.1, 0.15) is 6.04 Å². The predicted molar refractivity (Wildman–Crippen MR) is 102 cm³/mol. The van der Waals surface area contributed by atoms with E-state index < -0.39 is 0 Å². The molecule has 134 valence electrons. The maximum atomic E-state index is 11.9. The maximum absolute atomic E-state index is 11.9. The number of ether oxygens (including phenoxy) is 1. The number of rotatable bonds is 9. The number of esters is 1. The molecule has 0 bridgehead atoms. The first-order valence-corrected chi connectivity index (χ1v) is 9.12. The first-order chi connectivity index (χ1) is 11.3. The van der Waals surface area contributed by atoms with Gasteiger partial charge in [-0.15, -0.1) is 0 Å². The normalized spacial score (nSPS) is 14.3. The van der Waals surface area contributed by atoms with E-state index in [2.05, 4.69) is 50.0 Å². The summed E-state index contributed by atoms with van der Waals surface area (Å²) in [5.41, 5.74) is 2.73. The Hall–Kier alpha value is -1.64. The standard InChI is InChI=1S/C21H33NO2/c1-7-24-21(23)20(16(4)5)22-13-12-17(6)14-18-8-10-19(11-9-18)15(2)3/h8-11,13,15-17,20H,7,12,14H2,1-6H3/b22-13+. The summed E-state index contributed by atoms with van der Waals surface area (Å²) in [6.45, 7) is 12.9. The van der Waals surface area contributed by atoms with E-state index in [1.54, 1.807) is 0 Å². The molecule has 0 aliphatic heterocycles. The Morgan fingerprint density at radius 3 is 2.25 bits per heavy atom. The fourth-order valence-electron chi connectivity index (χ4n) is 2.61. The molecule has 1 aromatic carbocycles. The largest absolute Gasteiger partial charge is 0.464 e. The highest BCUT2D eigenvalue weighted by molar-refractivity contribution is 5.78. The lowest BCUT2D eigenvalue weighted by molar-refractivity contribution is -0.145. The van der Waals surface area contributed by atoms with Crippen LogP contribution in [0.15, 0.2) is 29.3 Å². The van der Waals surface area contributed by atoms with Crippen molar-refractivity contribution in [2.45, 2.75) is 66.3 Å². The van der Waals surface area contributed by atoms with Gasteiger partial charge >= 0.3 is 5.97 Å². The van der Waals surface area contributed by atoms with Crippen molar-refractivity contribution in [3.63, 3.8) is 0 Å². The molecular weight excluding hydrogens is 298 g/mol. The second kappa shape index (κ2) is 10.3. The minimum absolute atomic E-state index is 0.152. The van der Waals surface area contributed by atoms with E-state index in [4.69, 9.17) is 4.74 Å². The van der Waals surface area contributed by atoms with Gasteiger partial charge in [0, 0.05) is 6.21 Å². The third kappa shape index (κ3) is 6.86. The zero-order valence-electron chi connectivity index (χ0n) is 16.1. The Labute approximate surface area is 147 Å². The molecule has 0 aromatic heterocycles. The number of benzene rings is 1. The number of aliphatic imine (C=N–C) groups is 1. The van der Waals surface area contributed by atoms with Crippen molar-refractivity contribution < 1.29 is 9.53 Å². The van der Waals surface area contributed by atoms with E-state index in [9.17, 15) is 4.79 Å². The number of hydrogen-bond donors (Lipinski definition) is 0. The van der Waals surface area contributed by atoms with Gasteiger partial charge in [0.05, 0.1) is 6.61 Å². The van der Waals surface area contributed by atoms with Crippen LogP contribution in [0.3, 0.4) is 0 Å². The molecule has 3 nitrogen and oxygen atoms in total. The van der Waals surface area contributed by atoms with Crippen molar-refractivity contribution >= 4 is 12.2 Å². The minimum Gasteiger partial charge on any atom is -0.464 e. The van der Waals surface area contributed by atoms with Crippen LogP contribution in [-0.4, -0.2) is 24.8 Å². The third-order valence-electron chi connectivity index (χ3n) is 4.16. The van der Waals surface area contributed by atoms with Crippen LogP contribution in [0.5, 0.6) is 0 Å². The number of hydrogen-bond acceptors (Lipinski definition) is 3. The summed E-state index contributed by atoms with van der Waals surface area (Å²) >= 11 is 0. The Morgan fingerprint density at radius 2 is 1.75 bits per heavy atom. The maximum Gasteiger partial charge on any atom is 0.331 e. The smallest absolute Gasteiger partial charge is 0.331 e. The van der Waals surface area contributed by atoms with Gasteiger partial charge in [0.25, 0.3) is 0 Å². The molecule has 0 spiro atoms. The molecule has 1 rings (SSSR count). The molecule has 0 radical (unpaired) electrons.